The summed E-state index contributed by atoms with van der Waals surface area (Å²) in [5, 5.41) is 0. The number of alkyl halides is 6. The number of pyridine rings is 1. The highest BCUT2D eigenvalue weighted by Gasteiger charge is 2.38. The molecule has 0 saturated heterocycles. The van der Waals surface area contributed by atoms with Gasteiger partial charge in [0.05, 0.1) is 11.3 Å². The number of nitrogens with zero attached hydrogens (tertiary/aromatic N) is 1. The van der Waals surface area contributed by atoms with E-state index in [4.69, 9.17) is 0 Å². The fourth-order valence-electron chi connectivity index (χ4n) is 1.31. The monoisotopic (exact) mass is 257 g/mol. The van der Waals surface area contributed by atoms with Gasteiger partial charge in [0, 0.05) is 0 Å². The molecule has 1 rings (SSSR count). The van der Waals surface area contributed by atoms with Crippen LogP contribution in [0.2, 0.25) is 0 Å². The van der Waals surface area contributed by atoms with Crippen LogP contribution in [0.15, 0.2) is 12.1 Å². The average Bonchev–Trinajstić information content (AvgIpc) is 2.14. The second kappa shape index (κ2) is 4.19. The van der Waals surface area contributed by atoms with Crippen LogP contribution in [-0.2, 0) is 12.4 Å². The largest absolute Gasteiger partial charge is 0.433 e. The van der Waals surface area contributed by atoms with Crippen molar-refractivity contribution in [1.29, 1.82) is 0 Å². The van der Waals surface area contributed by atoms with Gasteiger partial charge < -0.3 is 0 Å². The molecule has 0 aromatic carbocycles. The average molecular weight is 257 g/mol. The van der Waals surface area contributed by atoms with Crippen LogP contribution in [0.4, 0.5) is 26.3 Å². The summed E-state index contributed by atoms with van der Waals surface area (Å²) in [5.74, 6) is -0.742. The van der Waals surface area contributed by atoms with E-state index in [0.29, 0.717) is 12.1 Å². The normalized spacial score (nSPS) is 13.2. The lowest BCUT2D eigenvalue weighted by molar-refractivity contribution is -0.145. The van der Waals surface area contributed by atoms with Crippen molar-refractivity contribution in [2.24, 2.45) is 0 Å². The number of rotatable bonds is 1. The van der Waals surface area contributed by atoms with Crippen LogP contribution >= 0.6 is 0 Å². The fraction of sp³-hybridized carbons (Fsp3) is 0.500. The Morgan fingerprint density at radius 3 is 1.82 bits per heavy atom. The predicted octanol–water partition coefficient (Wildman–Crippen LogP) is 4.24. The van der Waals surface area contributed by atoms with Crippen molar-refractivity contribution in [3.63, 3.8) is 0 Å². The van der Waals surface area contributed by atoms with Crippen molar-refractivity contribution in [3.8, 4) is 0 Å². The summed E-state index contributed by atoms with van der Waals surface area (Å²) in [6.07, 6.45) is -9.44. The summed E-state index contributed by atoms with van der Waals surface area (Å²) in [7, 11) is 0. The number of aromatic nitrogens is 1. The minimum Gasteiger partial charge on any atom is -0.247 e. The molecule has 17 heavy (non-hydrogen) atoms. The highest BCUT2D eigenvalue weighted by atomic mass is 19.4. The van der Waals surface area contributed by atoms with Crippen molar-refractivity contribution in [1.82, 2.24) is 4.98 Å². The molecular weight excluding hydrogens is 248 g/mol. The minimum absolute atomic E-state index is 0.342. The summed E-state index contributed by atoms with van der Waals surface area (Å²) in [5.41, 5.74) is -3.03. The molecule has 7 heteroatoms. The van der Waals surface area contributed by atoms with Gasteiger partial charge in [0.1, 0.15) is 5.69 Å². The molecule has 1 aromatic rings. The van der Waals surface area contributed by atoms with E-state index in [0.717, 1.165) is 0 Å². The number of halogens is 6. The quantitative estimate of drug-likeness (QED) is 0.685. The molecule has 0 aliphatic carbocycles. The van der Waals surface area contributed by atoms with Gasteiger partial charge in [-0.15, -0.1) is 0 Å². The highest BCUT2D eigenvalue weighted by molar-refractivity contribution is 5.29. The zero-order chi connectivity index (χ0) is 13.4. The van der Waals surface area contributed by atoms with Crippen molar-refractivity contribution in [2.75, 3.05) is 0 Å². The molecule has 0 aliphatic heterocycles. The van der Waals surface area contributed by atoms with E-state index in [2.05, 4.69) is 4.98 Å². The van der Waals surface area contributed by atoms with Gasteiger partial charge in [-0.25, -0.2) is 4.98 Å². The van der Waals surface area contributed by atoms with Gasteiger partial charge in [-0.2, -0.15) is 26.3 Å². The fourth-order valence-corrected chi connectivity index (χ4v) is 1.31. The summed E-state index contributed by atoms with van der Waals surface area (Å²) in [6, 6.07) is 0.764. The van der Waals surface area contributed by atoms with Gasteiger partial charge in [-0.3, -0.25) is 0 Å². The third-order valence-corrected chi connectivity index (χ3v) is 2.07. The molecule has 0 spiro atoms. The first-order chi connectivity index (χ1) is 7.53. The van der Waals surface area contributed by atoms with Gasteiger partial charge >= 0.3 is 12.4 Å². The first kappa shape index (κ1) is 13.8. The van der Waals surface area contributed by atoms with Crippen LogP contribution in [0, 0.1) is 0 Å². The Morgan fingerprint density at radius 1 is 0.941 bits per heavy atom. The van der Waals surface area contributed by atoms with Gasteiger partial charge in [0.2, 0.25) is 0 Å². The van der Waals surface area contributed by atoms with E-state index < -0.39 is 35.2 Å². The Morgan fingerprint density at radius 2 is 1.47 bits per heavy atom. The van der Waals surface area contributed by atoms with E-state index in [1.54, 1.807) is 0 Å². The number of hydrogen-bond donors (Lipinski definition) is 0. The molecule has 0 atom stereocenters. The molecule has 0 bridgehead atoms. The second-order valence-corrected chi connectivity index (χ2v) is 3.78. The maximum atomic E-state index is 12.5. The van der Waals surface area contributed by atoms with Crippen LogP contribution in [0.25, 0.3) is 0 Å². The molecule has 1 aromatic heterocycles. The van der Waals surface area contributed by atoms with Crippen molar-refractivity contribution < 1.29 is 26.3 Å². The Balaban J connectivity index is 3.38. The maximum Gasteiger partial charge on any atom is 0.433 e. The lowest BCUT2D eigenvalue weighted by Crippen LogP contribution is -2.16. The van der Waals surface area contributed by atoms with Gasteiger partial charge in [-0.05, 0) is 18.1 Å². The molecule has 1 nitrogen and oxygen atoms in total. The van der Waals surface area contributed by atoms with Crippen LogP contribution in [0.3, 0.4) is 0 Å². The molecule has 0 aliphatic rings. The lowest BCUT2D eigenvalue weighted by Gasteiger charge is -2.16. The summed E-state index contributed by atoms with van der Waals surface area (Å²) >= 11 is 0. The Bertz CT molecular complexity index is 404. The van der Waals surface area contributed by atoms with E-state index in [1.807, 2.05) is 0 Å². The summed E-state index contributed by atoms with van der Waals surface area (Å²) in [4.78, 5) is 3.06. The van der Waals surface area contributed by atoms with E-state index >= 15 is 0 Å². The van der Waals surface area contributed by atoms with E-state index in [-0.39, 0.29) is 0 Å². The molecule has 0 unspecified atom stereocenters. The SMILES string of the molecule is CC(C)c1nc(C(F)(F)F)ccc1C(F)(F)F. The van der Waals surface area contributed by atoms with Crippen molar-refractivity contribution in [3.05, 3.63) is 29.1 Å². The molecule has 96 valence electrons. The summed E-state index contributed by atoms with van der Waals surface area (Å²) in [6.45, 7) is 2.72. The third kappa shape index (κ3) is 3.10. The first-order valence-electron chi connectivity index (χ1n) is 4.69. The van der Waals surface area contributed by atoms with Crippen LogP contribution < -0.4 is 0 Å². The smallest absolute Gasteiger partial charge is 0.247 e. The highest BCUT2D eigenvalue weighted by Crippen LogP contribution is 2.36. The summed E-state index contributed by atoms with van der Waals surface area (Å²) < 4.78 is 74.5. The lowest BCUT2D eigenvalue weighted by atomic mass is 10.0. The maximum absolute atomic E-state index is 12.5. The molecule has 0 radical (unpaired) electrons. The second-order valence-electron chi connectivity index (χ2n) is 3.78. The Hall–Kier alpha value is -1.27. The molecule has 0 fully saturated rings. The molecule has 0 saturated carbocycles. The van der Waals surface area contributed by atoms with Crippen molar-refractivity contribution >= 4 is 0 Å². The molecule has 1 heterocycles. The Kier molecular flexibility index (Phi) is 3.40. The standard InChI is InChI=1S/C10H9F6N/c1-5(2)8-6(9(11,12)13)3-4-7(17-8)10(14,15)16/h3-5H,1-2H3. The van der Waals surface area contributed by atoms with Crippen LogP contribution in [0.5, 0.6) is 0 Å². The van der Waals surface area contributed by atoms with E-state index in [1.165, 1.54) is 13.8 Å². The van der Waals surface area contributed by atoms with Gasteiger partial charge in [0.15, 0.2) is 0 Å². The molecule has 0 amide bonds. The van der Waals surface area contributed by atoms with Crippen LogP contribution in [-0.4, -0.2) is 4.98 Å². The van der Waals surface area contributed by atoms with Gasteiger partial charge in [-0.1, -0.05) is 13.8 Å². The topological polar surface area (TPSA) is 12.9 Å². The zero-order valence-electron chi connectivity index (χ0n) is 8.95. The van der Waals surface area contributed by atoms with E-state index in [9.17, 15) is 26.3 Å². The minimum atomic E-state index is -4.74. The zero-order valence-corrected chi connectivity index (χ0v) is 8.95. The predicted molar refractivity (Wildman–Crippen MR) is 48.3 cm³/mol. The third-order valence-electron chi connectivity index (χ3n) is 2.07. The number of hydrogen-bond acceptors (Lipinski definition) is 1. The Labute approximate surface area is 93.5 Å². The van der Waals surface area contributed by atoms with Crippen LogP contribution in [0.1, 0.15) is 36.7 Å². The molecule has 0 N–H and O–H groups in total. The molecular formula is C10H9F6N. The first-order valence-corrected chi connectivity index (χ1v) is 4.69. The van der Waals surface area contributed by atoms with Crippen molar-refractivity contribution in [2.45, 2.75) is 32.1 Å². The van der Waals surface area contributed by atoms with Gasteiger partial charge in [0.25, 0.3) is 0 Å².